The van der Waals surface area contributed by atoms with Gasteiger partial charge in [0.2, 0.25) is 0 Å². The Morgan fingerprint density at radius 2 is 0.796 bits per heavy atom. The predicted octanol–water partition coefficient (Wildman–Crippen LogP) is 15.1. The molecule has 0 atom stereocenters. The normalized spacial score (nSPS) is 11.7. The minimum Gasteiger partial charge on any atom is -0.456 e. The molecule has 54 heavy (non-hydrogen) atoms. The second kappa shape index (κ2) is 12.2. The zero-order valence-corrected chi connectivity index (χ0v) is 29.3. The first-order chi connectivity index (χ1) is 26.8. The summed E-state index contributed by atoms with van der Waals surface area (Å²) in [6.07, 6.45) is 0. The fraction of sp³-hybridized carbons (Fsp3) is 0. The zero-order chi connectivity index (χ0) is 35.6. The maximum Gasteiger partial charge on any atom is 0.143 e. The van der Waals surface area contributed by atoms with Crippen LogP contribution in [0.25, 0.3) is 110 Å². The van der Waals surface area contributed by atoms with E-state index in [0.29, 0.717) is 0 Å². The fourth-order valence-corrected chi connectivity index (χ4v) is 8.40. The van der Waals surface area contributed by atoms with Crippen LogP contribution in [0.5, 0.6) is 0 Å². The van der Waals surface area contributed by atoms with Gasteiger partial charge in [-0.3, -0.25) is 0 Å². The Hall–Kier alpha value is -7.16. The highest BCUT2D eigenvalue weighted by molar-refractivity contribution is 6.25. The molecule has 0 amide bonds. The summed E-state index contributed by atoms with van der Waals surface area (Å²) >= 11 is 0. The molecule has 0 N–H and O–H groups in total. The largest absolute Gasteiger partial charge is 0.456 e. The molecule has 0 saturated heterocycles. The van der Waals surface area contributed by atoms with Crippen LogP contribution in [0, 0.1) is 0 Å². The Labute approximate surface area is 311 Å². The average molecular weight is 689 g/mol. The third kappa shape index (κ3) is 4.81. The molecule has 0 fully saturated rings. The molecule has 0 bridgehead atoms. The van der Waals surface area contributed by atoms with Crippen molar-refractivity contribution in [3.63, 3.8) is 0 Å². The summed E-state index contributed by atoms with van der Waals surface area (Å²) in [6, 6.07) is 69.3. The molecule has 0 aliphatic heterocycles. The summed E-state index contributed by atoms with van der Waals surface area (Å²) in [7, 11) is 0. The van der Waals surface area contributed by atoms with Crippen molar-refractivity contribution in [1.29, 1.82) is 0 Å². The van der Waals surface area contributed by atoms with Crippen LogP contribution in [0.1, 0.15) is 0 Å². The molecule has 0 aliphatic rings. The lowest BCUT2D eigenvalue weighted by atomic mass is 9.92. The van der Waals surface area contributed by atoms with E-state index in [1.54, 1.807) is 0 Å². The van der Waals surface area contributed by atoms with E-state index in [2.05, 4.69) is 182 Å². The number of rotatable bonds is 3. The van der Waals surface area contributed by atoms with Crippen LogP contribution in [0.15, 0.2) is 203 Å². The topological polar surface area (TPSA) is 26.3 Å². The summed E-state index contributed by atoms with van der Waals surface area (Å²) in [5.41, 5.74) is 10.7. The first-order valence-electron chi connectivity index (χ1n) is 18.4. The molecule has 0 unspecified atom stereocenters. The van der Waals surface area contributed by atoms with Crippen LogP contribution in [0.3, 0.4) is 0 Å². The van der Waals surface area contributed by atoms with Crippen LogP contribution < -0.4 is 0 Å². The Bertz CT molecular complexity index is 3320. The van der Waals surface area contributed by atoms with Gasteiger partial charge in [-0.15, -0.1) is 0 Å². The van der Waals surface area contributed by atoms with Gasteiger partial charge >= 0.3 is 0 Å². The van der Waals surface area contributed by atoms with Gasteiger partial charge in [0.1, 0.15) is 22.3 Å². The fourth-order valence-electron chi connectivity index (χ4n) is 8.40. The van der Waals surface area contributed by atoms with E-state index in [-0.39, 0.29) is 0 Å². The molecule has 0 spiro atoms. The quantitative estimate of drug-likeness (QED) is 0.185. The lowest BCUT2D eigenvalue weighted by molar-refractivity contribution is 0.669. The van der Waals surface area contributed by atoms with Crippen molar-refractivity contribution in [1.82, 2.24) is 0 Å². The van der Waals surface area contributed by atoms with Gasteiger partial charge in [-0.25, -0.2) is 0 Å². The Balaban J connectivity index is 1.03. The number of hydrogen-bond donors (Lipinski definition) is 0. The lowest BCUT2D eigenvalue weighted by Crippen LogP contribution is -1.85. The van der Waals surface area contributed by atoms with Gasteiger partial charge in [0.15, 0.2) is 0 Å². The third-order valence-electron chi connectivity index (χ3n) is 10.9. The smallest absolute Gasteiger partial charge is 0.143 e. The van der Waals surface area contributed by atoms with Crippen molar-refractivity contribution in [3.05, 3.63) is 194 Å². The van der Waals surface area contributed by atoms with Crippen molar-refractivity contribution in [2.45, 2.75) is 0 Å². The van der Waals surface area contributed by atoms with Crippen LogP contribution in [0.4, 0.5) is 0 Å². The maximum absolute atomic E-state index is 6.58. The van der Waals surface area contributed by atoms with Gasteiger partial charge in [0.05, 0.1) is 0 Å². The molecule has 2 heteroatoms. The van der Waals surface area contributed by atoms with Gasteiger partial charge in [-0.1, -0.05) is 158 Å². The molecule has 2 aromatic heterocycles. The number of fused-ring (bicyclic) bond motifs is 11. The van der Waals surface area contributed by atoms with Gasteiger partial charge in [0.25, 0.3) is 0 Å². The van der Waals surface area contributed by atoms with Crippen molar-refractivity contribution in [3.8, 4) is 33.4 Å². The minimum atomic E-state index is 0.883. The van der Waals surface area contributed by atoms with Crippen molar-refractivity contribution in [2.24, 2.45) is 0 Å². The van der Waals surface area contributed by atoms with E-state index in [9.17, 15) is 0 Å². The zero-order valence-electron chi connectivity index (χ0n) is 29.3. The molecule has 252 valence electrons. The number of furan rings is 2. The number of para-hydroxylation sites is 1. The summed E-state index contributed by atoms with van der Waals surface area (Å²) in [5.74, 6) is 0. The first-order valence-corrected chi connectivity index (χ1v) is 18.4. The highest BCUT2D eigenvalue weighted by Crippen LogP contribution is 2.42. The van der Waals surface area contributed by atoms with E-state index >= 15 is 0 Å². The van der Waals surface area contributed by atoms with Crippen molar-refractivity contribution in [2.75, 3.05) is 0 Å². The maximum atomic E-state index is 6.58. The minimum absolute atomic E-state index is 0.883. The van der Waals surface area contributed by atoms with E-state index in [0.717, 1.165) is 71.3 Å². The Morgan fingerprint density at radius 3 is 1.65 bits per heavy atom. The first kappa shape index (κ1) is 30.5. The van der Waals surface area contributed by atoms with E-state index < -0.39 is 0 Å². The van der Waals surface area contributed by atoms with Gasteiger partial charge in [0, 0.05) is 26.9 Å². The second-order valence-electron chi connectivity index (χ2n) is 14.0. The second-order valence-corrected chi connectivity index (χ2v) is 14.0. The molecule has 11 aromatic rings. The van der Waals surface area contributed by atoms with Crippen LogP contribution >= 0.6 is 0 Å². The summed E-state index contributed by atoms with van der Waals surface area (Å²) in [5, 5.41) is 11.6. The highest BCUT2D eigenvalue weighted by atomic mass is 16.3. The number of benzene rings is 8. The summed E-state index contributed by atoms with van der Waals surface area (Å²) < 4.78 is 12.8. The van der Waals surface area contributed by atoms with Crippen molar-refractivity contribution >= 4 is 76.2 Å². The molecule has 0 saturated carbocycles. The Morgan fingerprint density at radius 1 is 0.259 bits per heavy atom. The summed E-state index contributed by atoms with van der Waals surface area (Å²) in [6.45, 7) is 0. The summed E-state index contributed by atoms with van der Waals surface area (Å²) in [4.78, 5) is 0. The van der Waals surface area contributed by atoms with Crippen LogP contribution in [-0.2, 0) is 0 Å². The standard InChI is InChI=1S/C52H32O2/c1-2-4-16-41(40-20-11-13-34-12-5-6-15-37(34)40)42-18-8-7-17-39(42)38(14-3-1)35-24-22-33(23-25-35)36-26-30-49-47(32-36)45-28-27-43-44(52(45)54-49)29-31-50-51(43)46-19-9-10-21-48(46)53-50/h1-32H. The predicted molar refractivity (Wildman–Crippen MR) is 227 cm³/mol. The van der Waals surface area contributed by atoms with E-state index in [1.807, 2.05) is 12.1 Å². The average Bonchev–Trinajstić information content (AvgIpc) is 3.81. The molecule has 11 rings (SSSR count). The van der Waals surface area contributed by atoms with Crippen LogP contribution in [-0.4, -0.2) is 0 Å². The van der Waals surface area contributed by atoms with Gasteiger partial charge in [-0.05, 0) is 96.7 Å². The molecule has 2 nitrogen and oxygen atoms in total. The van der Waals surface area contributed by atoms with Gasteiger partial charge < -0.3 is 8.83 Å². The van der Waals surface area contributed by atoms with E-state index in [1.165, 1.54) is 38.2 Å². The molecule has 0 radical (unpaired) electrons. The molecule has 0 aliphatic carbocycles. The van der Waals surface area contributed by atoms with E-state index in [4.69, 9.17) is 8.83 Å². The lowest BCUT2D eigenvalue weighted by Gasteiger charge is -2.11. The van der Waals surface area contributed by atoms with Crippen molar-refractivity contribution < 1.29 is 8.83 Å². The molecular weight excluding hydrogens is 657 g/mol. The van der Waals surface area contributed by atoms with Gasteiger partial charge in [-0.2, -0.15) is 0 Å². The SMILES string of the molecule is c1cccc(-c2cccc3ccccc23)c2ccccc2c(-c2ccc(-c3ccc4oc5c(ccc6c5ccc5oc7ccccc7c56)c4c3)cc2)cc1. The third-order valence-corrected chi connectivity index (χ3v) is 10.9. The molecular formula is C52H32O2. The molecule has 2 heterocycles. The Kier molecular flexibility index (Phi) is 6.90. The van der Waals surface area contributed by atoms with Crippen LogP contribution in [0.2, 0.25) is 0 Å². The monoisotopic (exact) mass is 688 g/mol. The molecule has 9 aromatic carbocycles. The highest BCUT2D eigenvalue weighted by Gasteiger charge is 2.16. The number of hydrogen-bond acceptors (Lipinski definition) is 2.